The molecule has 0 fully saturated rings. The summed E-state index contributed by atoms with van der Waals surface area (Å²) in [5.74, 6) is -0.0454. The third-order valence-electron chi connectivity index (χ3n) is 4.24. The van der Waals surface area contributed by atoms with Crippen molar-refractivity contribution < 1.29 is 22.7 Å². The van der Waals surface area contributed by atoms with Crippen LogP contribution in [0.2, 0.25) is 0 Å². The number of nitrogens with zero attached hydrogens (tertiary/aromatic N) is 3. The zero-order chi connectivity index (χ0) is 22.4. The van der Waals surface area contributed by atoms with Crippen molar-refractivity contribution in [2.75, 3.05) is 17.7 Å². The van der Waals surface area contributed by atoms with E-state index < -0.39 is 18.7 Å². The normalized spacial score (nSPS) is 11.5. The highest BCUT2D eigenvalue weighted by molar-refractivity contribution is 7.99. The summed E-state index contributed by atoms with van der Waals surface area (Å²) in [4.78, 5) is 12.4. The van der Waals surface area contributed by atoms with Gasteiger partial charge in [0.15, 0.2) is 11.8 Å². The Hall–Kier alpha value is -3.01. The molecule has 1 aromatic heterocycles. The third kappa shape index (κ3) is 6.48. The van der Waals surface area contributed by atoms with E-state index in [0.29, 0.717) is 11.1 Å². The molecule has 3 rings (SSSR count). The summed E-state index contributed by atoms with van der Waals surface area (Å²) in [7, 11) is 0. The minimum Gasteiger partial charge on any atom is -0.482 e. The second-order valence-electron chi connectivity index (χ2n) is 6.97. The van der Waals surface area contributed by atoms with E-state index in [1.807, 2.05) is 24.3 Å². The Morgan fingerprint density at radius 2 is 1.87 bits per heavy atom. The number of aromatic nitrogens is 3. The van der Waals surface area contributed by atoms with E-state index in [9.17, 15) is 18.0 Å². The molecule has 1 N–H and O–H groups in total. The SMILES string of the molecule is CC(C)c1ccc(-n2cnnc2SCC(=O)Nc2ccccc2OCC(F)(F)F)cc1. The average molecular weight is 450 g/mol. The van der Waals surface area contributed by atoms with E-state index in [1.54, 1.807) is 17.0 Å². The van der Waals surface area contributed by atoms with Crippen molar-refractivity contribution in [3.05, 3.63) is 60.4 Å². The molecule has 1 amide bonds. The predicted octanol–water partition coefficient (Wildman–Crippen LogP) is 5.06. The van der Waals surface area contributed by atoms with Gasteiger partial charge in [-0.2, -0.15) is 13.2 Å². The van der Waals surface area contributed by atoms with Gasteiger partial charge in [0.2, 0.25) is 5.91 Å². The zero-order valence-electron chi connectivity index (χ0n) is 16.9. The average Bonchev–Trinajstić information content (AvgIpc) is 3.20. The fraction of sp³-hybridized carbons (Fsp3) is 0.286. The first-order chi connectivity index (χ1) is 14.7. The van der Waals surface area contributed by atoms with Crippen LogP contribution in [0.15, 0.2) is 60.0 Å². The number of thioether (sulfide) groups is 1. The quantitative estimate of drug-likeness (QED) is 0.486. The summed E-state index contributed by atoms with van der Waals surface area (Å²) >= 11 is 1.17. The van der Waals surface area contributed by atoms with E-state index in [4.69, 9.17) is 4.74 Å². The molecule has 0 spiro atoms. The van der Waals surface area contributed by atoms with Gasteiger partial charge >= 0.3 is 6.18 Å². The molecule has 2 aromatic carbocycles. The summed E-state index contributed by atoms with van der Waals surface area (Å²) in [6.07, 6.45) is -2.91. The fourth-order valence-corrected chi connectivity index (χ4v) is 3.42. The third-order valence-corrected chi connectivity index (χ3v) is 5.18. The number of para-hydroxylation sites is 2. The fourth-order valence-electron chi connectivity index (χ4n) is 2.69. The van der Waals surface area contributed by atoms with Crippen molar-refractivity contribution in [2.24, 2.45) is 0 Å². The van der Waals surface area contributed by atoms with Crippen LogP contribution >= 0.6 is 11.8 Å². The molecular weight excluding hydrogens is 429 g/mol. The van der Waals surface area contributed by atoms with Gasteiger partial charge in [0.05, 0.1) is 11.4 Å². The molecule has 0 radical (unpaired) electrons. The summed E-state index contributed by atoms with van der Waals surface area (Å²) in [6.45, 7) is 2.79. The van der Waals surface area contributed by atoms with Crippen LogP contribution in [0.25, 0.3) is 5.69 Å². The Labute approximate surface area is 181 Å². The Balaban J connectivity index is 1.62. The van der Waals surface area contributed by atoms with Crippen molar-refractivity contribution in [1.82, 2.24) is 14.8 Å². The largest absolute Gasteiger partial charge is 0.482 e. The zero-order valence-corrected chi connectivity index (χ0v) is 17.7. The summed E-state index contributed by atoms with van der Waals surface area (Å²) in [6, 6.07) is 13.9. The molecule has 3 aromatic rings. The highest BCUT2D eigenvalue weighted by atomic mass is 32.2. The Kier molecular flexibility index (Phi) is 7.21. The molecule has 31 heavy (non-hydrogen) atoms. The van der Waals surface area contributed by atoms with Crippen LogP contribution in [0.4, 0.5) is 18.9 Å². The van der Waals surface area contributed by atoms with Crippen molar-refractivity contribution in [2.45, 2.75) is 31.1 Å². The van der Waals surface area contributed by atoms with E-state index in [-0.39, 0.29) is 17.2 Å². The van der Waals surface area contributed by atoms with E-state index >= 15 is 0 Å². The number of ether oxygens (including phenoxy) is 1. The van der Waals surface area contributed by atoms with Gasteiger partial charge in [-0.3, -0.25) is 9.36 Å². The first-order valence-corrected chi connectivity index (χ1v) is 10.4. The molecule has 6 nitrogen and oxygen atoms in total. The van der Waals surface area contributed by atoms with Crippen LogP contribution < -0.4 is 10.1 Å². The standard InChI is InChI=1S/C21H21F3N4O2S/c1-14(2)15-7-9-16(10-8-15)28-13-25-27-20(28)31-11-19(29)26-17-5-3-4-6-18(17)30-12-21(22,23)24/h3-10,13-14H,11-12H2,1-2H3,(H,26,29). The molecule has 0 aliphatic heterocycles. The highest BCUT2D eigenvalue weighted by Crippen LogP contribution is 2.27. The number of alkyl halides is 3. The van der Waals surface area contributed by atoms with Gasteiger partial charge in [-0.15, -0.1) is 10.2 Å². The Bertz CT molecular complexity index is 1020. The van der Waals surface area contributed by atoms with Crippen molar-refractivity contribution >= 4 is 23.4 Å². The van der Waals surface area contributed by atoms with Gasteiger partial charge in [0.25, 0.3) is 0 Å². The number of rotatable bonds is 8. The van der Waals surface area contributed by atoms with Gasteiger partial charge in [-0.05, 0) is 35.7 Å². The second kappa shape index (κ2) is 9.86. The number of carbonyl (C=O) groups excluding carboxylic acids is 1. The lowest BCUT2D eigenvalue weighted by atomic mass is 10.0. The molecule has 0 aliphatic carbocycles. The summed E-state index contributed by atoms with van der Waals surface area (Å²) in [5.41, 5.74) is 2.24. The smallest absolute Gasteiger partial charge is 0.422 e. The molecule has 0 atom stereocenters. The molecule has 10 heteroatoms. The van der Waals surface area contributed by atoms with Crippen LogP contribution in [0, 0.1) is 0 Å². The van der Waals surface area contributed by atoms with Crippen LogP contribution in [0.3, 0.4) is 0 Å². The number of amides is 1. The van der Waals surface area contributed by atoms with Gasteiger partial charge in [0.1, 0.15) is 12.1 Å². The first kappa shape index (κ1) is 22.7. The molecular formula is C21H21F3N4O2S. The van der Waals surface area contributed by atoms with E-state index in [2.05, 4.69) is 29.4 Å². The lowest BCUT2D eigenvalue weighted by molar-refractivity contribution is -0.153. The monoisotopic (exact) mass is 450 g/mol. The number of nitrogens with one attached hydrogen (secondary N) is 1. The minimum atomic E-state index is -4.47. The molecule has 0 bridgehead atoms. The maximum Gasteiger partial charge on any atom is 0.422 e. The number of hydrogen-bond acceptors (Lipinski definition) is 5. The van der Waals surface area contributed by atoms with E-state index in [1.165, 1.54) is 35.5 Å². The topological polar surface area (TPSA) is 69.0 Å². The van der Waals surface area contributed by atoms with Gasteiger partial charge in [-0.25, -0.2) is 0 Å². The maximum atomic E-state index is 12.4. The number of carbonyl (C=O) groups is 1. The van der Waals surface area contributed by atoms with Crippen LogP contribution in [0.5, 0.6) is 5.75 Å². The summed E-state index contributed by atoms with van der Waals surface area (Å²) in [5, 5.41) is 11.1. The minimum absolute atomic E-state index is 0.00360. The highest BCUT2D eigenvalue weighted by Gasteiger charge is 2.28. The van der Waals surface area contributed by atoms with Crippen molar-refractivity contribution in [1.29, 1.82) is 0 Å². The number of anilines is 1. The van der Waals surface area contributed by atoms with Gasteiger partial charge in [-0.1, -0.05) is 49.9 Å². The van der Waals surface area contributed by atoms with Gasteiger partial charge in [0, 0.05) is 5.69 Å². The van der Waals surface area contributed by atoms with Crippen LogP contribution in [-0.4, -0.2) is 39.2 Å². The van der Waals surface area contributed by atoms with Crippen molar-refractivity contribution in [3.8, 4) is 11.4 Å². The van der Waals surface area contributed by atoms with Gasteiger partial charge < -0.3 is 10.1 Å². The molecule has 0 unspecified atom stereocenters. The Morgan fingerprint density at radius 3 is 2.55 bits per heavy atom. The molecule has 0 aliphatic rings. The van der Waals surface area contributed by atoms with Crippen molar-refractivity contribution in [3.63, 3.8) is 0 Å². The maximum absolute atomic E-state index is 12.4. The first-order valence-electron chi connectivity index (χ1n) is 9.44. The molecule has 0 saturated carbocycles. The lowest BCUT2D eigenvalue weighted by Gasteiger charge is -2.13. The van der Waals surface area contributed by atoms with E-state index in [0.717, 1.165) is 5.69 Å². The van der Waals surface area contributed by atoms with Crippen LogP contribution in [-0.2, 0) is 4.79 Å². The Morgan fingerprint density at radius 1 is 1.16 bits per heavy atom. The number of halogens is 3. The molecule has 164 valence electrons. The predicted molar refractivity (Wildman–Crippen MR) is 113 cm³/mol. The number of hydrogen-bond donors (Lipinski definition) is 1. The second-order valence-corrected chi connectivity index (χ2v) is 7.91. The number of benzene rings is 2. The van der Waals surface area contributed by atoms with Crippen LogP contribution in [0.1, 0.15) is 25.3 Å². The lowest BCUT2D eigenvalue weighted by Crippen LogP contribution is -2.20. The summed E-state index contributed by atoms with van der Waals surface area (Å²) < 4.78 is 43.8. The molecule has 0 saturated heterocycles. The molecule has 1 heterocycles.